The first kappa shape index (κ1) is 17.0. The summed E-state index contributed by atoms with van der Waals surface area (Å²) < 4.78 is 5.48. The van der Waals surface area contributed by atoms with E-state index in [9.17, 15) is 14.4 Å². The number of amides is 1. The van der Waals surface area contributed by atoms with Crippen molar-refractivity contribution in [3.63, 3.8) is 0 Å². The lowest BCUT2D eigenvalue weighted by molar-refractivity contribution is -0.161. The number of carbonyl (C=O) groups is 3. The fraction of sp³-hybridized carbons (Fsp3) is 0.591. The van der Waals surface area contributed by atoms with Gasteiger partial charge in [-0.05, 0) is 86.5 Å². The standard InChI is InChI=1S/C22H25NO4/c1-11-17-9-14(2-3-18(17)23-21(11)25)19(24)10-27-22(26)20-15-5-12-4-13(7-15)8-16(20)6-12/h2-3,9,11-13,15-16,20H,4-8,10H2,1H3,(H,23,25)/t11-,12?,13?,15?,16?,20?/m1/s1. The van der Waals surface area contributed by atoms with Gasteiger partial charge in [0.25, 0.3) is 0 Å². The molecular weight excluding hydrogens is 342 g/mol. The number of fused-ring (bicyclic) bond motifs is 1. The van der Waals surface area contributed by atoms with E-state index in [1.165, 1.54) is 6.42 Å². The van der Waals surface area contributed by atoms with E-state index in [2.05, 4.69) is 5.32 Å². The maximum atomic E-state index is 12.7. The third-order valence-corrected chi connectivity index (χ3v) is 7.34. The highest BCUT2D eigenvalue weighted by Gasteiger charge is 2.51. The summed E-state index contributed by atoms with van der Waals surface area (Å²) in [6.45, 7) is 1.61. The summed E-state index contributed by atoms with van der Waals surface area (Å²) in [6, 6.07) is 5.19. The molecule has 0 radical (unpaired) electrons. The van der Waals surface area contributed by atoms with E-state index < -0.39 is 0 Å². The van der Waals surface area contributed by atoms with Crippen LogP contribution in [0.25, 0.3) is 0 Å². The van der Waals surface area contributed by atoms with Gasteiger partial charge < -0.3 is 10.1 Å². The van der Waals surface area contributed by atoms with Crippen LogP contribution in [0.3, 0.4) is 0 Å². The quantitative estimate of drug-likeness (QED) is 0.653. The molecule has 0 unspecified atom stereocenters. The zero-order valence-electron chi connectivity index (χ0n) is 15.6. The topological polar surface area (TPSA) is 72.5 Å². The first-order chi connectivity index (χ1) is 13.0. The van der Waals surface area contributed by atoms with Gasteiger partial charge in [0.2, 0.25) is 5.91 Å². The number of hydrogen-bond donors (Lipinski definition) is 1. The predicted molar refractivity (Wildman–Crippen MR) is 99.3 cm³/mol. The van der Waals surface area contributed by atoms with Gasteiger partial charge in [0, 0.05) is 11.3 Å². The van der Waals surface area contributed by atoms with Crippen molar-refractivity contribution in [2.45, 2.75) is 44.9 Å². The minimum Gasteiger partial charge on any atom is -0.457 e. The molecule has 1 atom stereocenters. The molecule has 5 nitrogen and oxygen atoms in total. The summed E-state index contributed by atoms with van der Waals surface area (Å²) in [6.07, 6.45) is 5.98. The number of benzene rings is 1. The van der Waals surface area contributed by atoms with Crippen molar-refractivity contribution in [3.8, 4) is 0 Å². The first-order valence-electron chi connectivity index (χ1n) is 10.1. The molecule has 5 aliphatic rings. The lowest BCUT2D eigenvalue weighted by atomic mass is 9.52. The molecule has 4 bridgehead atoms. The molecule has 4 saturated carbocycles. The second-order valence-corrected chi connectivity index (χ2v) is 9.00. The van der Waals surface area contributed by atoms with E-state index in [1.807, 2.05) is 6.92 Å². The second kappa shape index (κ2) is 6.18. The van der Waals surface area contributed by atoms with Crippen LogP contribution in [-0.2, 0) is 14.3 Å². The zero-order chi connectivity index (χ0) is 18.7. The van der Waals surface area contributed by atoms with Gasteiger partial charge >= 0.3 is 5.97 Å². The van der Waals surface area contributed by atoms with Gasteiger partial charge in [-0.3, -0.25) is 14.4 Å². The molecule has 6 rings (SSSR count). The van der Waals surface area contributed by atoms with Crippen molar-refractivity contribution in [3.05, 3.63) is 29.3 Å². The van der Waals surface area contributed by atoms with Gasteiger partial charge in [-0.25, -0.2) is 0 Å². The number of esters is 1. The Kier molecular flexibility index (Phi) is 3.88. The van der Waals surface area contributed by atoms with Crippen molar-refractivity contribution in [2.24, 2.45) is 29.6 Å². The van der Waals surface area contributed by atoms with Gasteiger partial charge in [-0.2, -0.15) is 0 Å². The fourth-order valence-electron chi connectivity index (χ4n) is 6.22. The number of rotatable bonds is 4. The van der Waals surface area contributed by atoms with E-state index in [0.717, 1.165) is 48.8 Å². The van der Waals surface area contributed by atoms with Crippen LogP contribution in [0.1, 0.15) is 60.9 Å². The number of anilines is 1. The fourth-order valence-corrected chi connectivity index (χ4v) is 6.22. The SMILES string of the molecule is C[C@H]1C(=O)Nc2ccc(C(=O)COC(=O)C3C4CC5CC(C4)CC3C5)cc21. The van der Waals surface area contributed by atoms with Crippen molar-refractivity contribution in [1.82, 2.24) is 0 Å². The highest BCUT2D eigenvalue weighted by atomic mass is 16.5. The van der Waals surface area contributed by atoms with E-state index in [0.29, 0.717) is 17.4 Å². The maximum Gasteiger partial charge on any atom is 0.309 e. The van der Waals surface area contributed by atoms with Crippen molar-refractivity contribution in [1.29, 1.82) is 0 Å². The van der Waals surface area contributed by atoms with Crippen LogP contribution in [0.4, 0.5) is 5.69 Å². The molecule has 1 aliphatic heterocycles. The second-order valence-electron chi connectivity index (χ2n) is 9.00. The molecule has 27 heavy (non-hydrogen) atoms. The Morgan fingerprint density at radius 3 is 2.41 bits per heavy atom. The molecule has 1 amide bonds. The average Bonchev–Trinajstić information content (AvgIpc) is 2.92. The molecular formula is C22H25NO4. The van der Waals surface area contributed by atoms with Gasteiger partial charge in [-0.1, -0.05) is 0 Å². The normalized spacial score (nSPS) is 35.7. The Bertz CT molecular complexity index is 802. The van der Waals surface area contributed by atoms with E-state index in [1.54, 1.807) is 18.2 Å². The summed E-state index contributed by atoms with van der Waals surface area (Å²) in [5.74, 6) is 1.83. The lowest BCUT2D eigenvalue weighted by Gasteiger charge is -2.53. The van der Waals surface area contributed by atoms with Crippen LogP contribution >= 0.6 is 0 Å². The molecule has 0 spiro atoms. The summed E-state index contributed by atoms with van der Waals surface area (Å²) in [5, 5.41) is 2.80. The minimum absolute atomic E-state index is 0.00698. The van der Waals surface area contributed by atoms with Crippen molar-refractivity contribution < 1.29 is 19.1 Å². The van der Waals surface area contributed by atoms with Gasteiger partial charge in [-0.15, -0.1) is 0 Å². The summed E-state index contributed by atoms with van der Waals surface area (Å²) in [5.41, 5.74) is 2.09. The first-order valence-corrected chi connectivity index (χ1v) is 10.1. The highest BCUT2D eigenvalue weighted by molar-refractivity contribution is 6.05. The van der Waals surface area contributed by atoms with E-state index in [4.69, 9.17) is 4.74 Å². The molecule has 1 heterocycles. The Morgan fingerprint density at radius 2 is 1.74 bits per heavy atom. The van der Waals surface area contributed by atoms with Crippen molar-refractivity contribution in [2.75, 3.05) is 11.9 Å². The monoisotopic (exact) mass is 367 g/mol. The summed E-state index contributed by atoms with van der Waals surface area (Å²) in [4.78, 5) is 37.0. The average molecular weight is 367 g/mol. The van der Waals surface area contributed by atoms with Crippen LogP contribution < -0.4 is 5.32 Å². The van der Waals surface area contributed by atoms with Crippen molar-refractivity contribution >= 4 is 23.3 Å². The molecule has 0 aromatic heterocycles. The number of ketones is 1. The molecule has 0 saturated heterocycles. The van der Waals surface area contributed by atoms with Crippen LogP contribution in [0, 0.1) is 29.6 Å². The van der Waals surface area contributed by atoms with Gasteiger partial charge in [0.05, 0.1) is 11.8 Å². The van der Waals surface area contributed by atoms with Gasteiger partial charge in [0.1, 0.15) is 0 Å². The molecule has 4 fully saturated rings. The van der Waals surface area contributed by atoms with Crippen LogP contribution in [-0.4, -0.2) is 24.3 Å². The Morgan fingerprint density at radius 1 is 1.07 bits per heavy atom. The minimum atomic E-state index is -0.261. The Labute approximate surface area is 158 Å². The number of Topliss-reactive ketones (excluding diaryl/α,β-unsaturated/α-hetero) is 1. The number of nitrogens with one attached hydrogen (secondary N) is 1. The number of carbonyl (C=O) groups excluding carboxylic acids is 3. The molecule has 1 N–H and O–H groups in total. The third-order valence-electron chi connectivity index (χ3n) is 7.34. The lowest BCUT2D eigenvalue weighted by Crippen LogP contribution is -2.48. The summed E-state index contributed by atoms with van der Waals surface area (Å²) >= 11 is 0. The Balaban J connectivity index is 1.24. The smallest absolute Gasteiger partial charge is 0.309 e. The number of ether oxygens (including phenoxy) is 1. The maximum absolute atomic E-state index is 12.7. The van der Waals surface area contributed by atoms with E-state index >= 15 is 0 Å². The molecule has 142 valence electrons. The highest BCUT2D eigenvalue weighted by Crippen LogP contribution is 2.56. The van der Waals surface area contributed by atoms with E-state index in [-0.39, 0.29) is 36.1 Å². The van der Waals surface area contributed by atoms with Gasteiger partial charge in [0.15, 0.2) is 12.4 Å². The third kappa shape index (κ3) is 2.79. The molecule has 5 heteroatoms. The predicted octanol–water partition coefficient (Wildman–Crippen LogP) is 3.54. The molecule has 4 aliphatic carbocycles. The zero-order valence-corrected chi connectivity index (χ0v) is 15.6. The summed E-state index contributed by atoms with van der Waals surface area (Å²) in [7, 11) is 0. The number of hydrogen-bond acceptors (Lipinski definition) is 4. The largest absolute Gasteiger partial charge is 0.457 e. The van der Waals surface area contributed by atoms with Crippen LogP contribution in [0.5, 0.6) is 0 Å². The van der Waals surface area contributed by atoms with Crippen LogP contribution in [0.2, 0.25) is 0 Å². The molecule has 1 aromatic rings. The Hall–Kier alpha value is -2.17. The van der Waals surface area contributed by atoms with Crippen LogP contribution in [0.15, 0.2) is 18.2 Å². The molecule has 1 aromatic carbocycles.